The molecule has 0 aliphatic rings. The van der Waals surface area contributed by atoms with Gasteiger partial charge in [-0.25, -0.2) is 4.18 Å². The first kappa shape index (κ1) is 26.9. The van der Waals surface area contributed by atoms with E-state index in [0.29, 0.717) is 0 Å². The fraction of sp³-hybridized carbons (Fsp3) is 0.263. The highest BCUT2D eigenvalue weighted by Crippen LogP contribution is 2.17. The first-order chi connectivity index (χ1) is 13.6. The van der Waals surface area contributed by atoms with Crippen LogP contribution in [0.1, 0.15) is 13.8 Å². The highest BCUT2D eigenvalue weighted by molar-refractivity contribution is 7.94. The van der Waals surface area contributed by atoms with E-state index >= 15 is 0 Å². The van der Waals surface area contributed by atoms with Crippen LogP contribution in [0.2, 0.25) is 0 Å². The van der Waals surface area contributed by atoms with Crippen molar-refractivity contribution in [2.75, 3.05) is 19.8 Å². The zero-order valence-electron chi connectivity index (χ0n) is 16.3. The summed E-state index contributed by atoms with van der Waals surface area (Å²) in [6.45, 7) is 8.32. The van der Waals surface area contributed by atoms with Crippen LogP contribution in [0.4, 0.5) is 0 Å². The molecule has 0 aliphatic carbocycles. The number of ether oxygens (including phenoxy) is 1. The van der Waals surface area contributed by atoms with Crippen molar-refractivity contribution in [2.24, 2.45) is 0 Å². The van der Waals surface area contributed by atoms with Crippen molar-refractivity contribution in [3.8, 4) is 11.1 Å². The van der Waals surface area contributed by atoms with E-state index in [1.807, 2.05) is 26.0 Å². The van der Waals surface area contributed by atoms with Crippen LogP contribution >= 0.6 is 0 Å². The molecule has 10 heteroatoms. The molecule has 0 heterocycles. The fourth-order valence-electron chi connectivity index (χ4n) is 1.72. The van der Waals surface area contributed by atoms with E-state index in [9.17, 15) is 16.8 Å². The van der Waals surface area contributed by atoms with Crippen LogP contribution in [0.5, 0.6) is 0 Å². The monoisotopic (exact) mass is 446 g/mol. The Balaban J connectivity index is 0.000000442. The summed E-state index contributed by atoms with van der Waals surface area (Å²) in [6, 6.07) is 20.8. The minimum Gasteiger partial charge on any atom is -0.382 e. The maximum absolute atomic E-state index is 10.4. The summed E-state index contributed by atoms with van der Waals surface area (Å²) in [7, 11) is -9.77. The molecule has 162 valence electrons. The Kier molecular flexibility index (Phi) is 13.8. The van der Waals surface area contributed by atoms with Gasteiger partial charge in [0.1, 0.15) is 0 Å². The van der Waals surface area contributed by atoms with E-state index in [4.69, 9.17) is 9.29 Å². The predicted octanol–water partition coefficient (Wildman–Crippen LogP) is 3.65. The van der Waals surface area contributed by atoms with Crippen molar-refractivity contribution in [2.45, 2.75) is 13.8 Å². The zero-order chi connectivity index (χ0) is 22.2. The van der Waals surface area contributed by atoms with Gasteiger partial charge in [-0.1, -0.05) is 66.7 Å². The summed E-state index contributed by atoms with van der Waals surface area (Å²) in [4.78, 5) is 0. The maximum atomic E-state index is 10.4. The number of hydrogen-bond acceptors (Lipinski definition) is 7. The van der Waals surface area contributed by atoms with E-state index in [1.54, 1.807) is 0 Å². The molecule has 2 aromatic rings. The molecule has 8 nitrogen and oxygen atoms in total. The van der Waals surface area contributed by atoms with E-state index in [0.717, 1.165) is 19.3 Å². The van der Waals surface area contributed by atoms with Crippen molar-refractivity contribution in [3.05, 3.63) is 73.3 Å². The average Bonchev–Trinajstić information content (AvgIpc) is 2.68. The molecular weight excluding hydrogens is 420 g/mol. The Hall–Kier alpha value is -2.08. The third-order valence-corrected chi connectivity index (χ3v) is 4.57. The lowest BCUT2D eigenvalue weighted by atomic mass is 10.1. The minimum absolute atomic E-state index is 0.447. The van der Waals surface area contributed by atoms with Gasteiger partial charge >= 0.3 is 20.8 Å². The van der Waals surface area contributed by atoms with Crippen molar-refractivity contribution in [3.63, 3.8) is 0 Å². The first-order valence-electron chi connectivity index (χ1n) is 8.52. The zero-order valence-corrected chi connectivity index (χ0v) is 17.9. The molecule has 0 aliphatic heterocycles. The SMILES string of the molecule is C=CCOS(=O)(=O)OS(=O)(=O)O.CCOCC.c1ccc(-c2ccccc2)cc1. The van der Waals surface area contributed by atoms with Crippen LogP contribution in [-0.2, 0) is 33.3 Å². The molecule has 0 amide bonds. The van der Waals surface area contributed by atoms with Gasteiger partial charge in [-0.05, 0) is 25.0 Å². The average molecular weight is 447 g/mol. The van der Waals surface area contributed by atoms with Crippen LogP contribution in [0.3, 0.4) is 0 Å². The minimum atomic E-state index is -5.06. The fourth-order valence-corrected chi connectivity index (χ4v) is 2.98. The Morgan fingerprint density at radius 2 is 1.28 bits per heavy atom. The molecule has 0 aromatic heterocycles. The van der Waals surface area contributed by atoms with Crippen LogP contribution in [-0.4, -0.2) is 41.2 Å². The van der Waals surface area contributed by atoms with Gasteiger partial charge in [0.2, 0.25) is 0 Å². The molecule has 29 heavy (non-hydrogen) atoms. The predicted molar refractivity (Wildman–Crippen MR) is 112 cm³/mol. The highest BCUT2D eigenvalue weighted by Gasteiger charge is 2.20. The molecule has 0 unspecified atom stereocenters. The summed E-state index contributed by atoms with van der Waals surface area (Å²) in [5.41, 5.74) is 2.55. The summed E-state index contributed by atoms with van der Waals surface area (Å²) >= 11 is 0. The molecule has 0 fully saturated rings. The van der Waals surface area contributed by atoms with Crippen LogP contribution in [0.25, 0.3) is 11.1 Å². The van der Waals surface area contributed by atoms with Gasteiger partial charge < -0.3 is 4.74 Å². The van der Waals surface area contributed by atoms with Gasteiger partial charge in [0.15, 0.2) is 0 Å². The molecule has 0 saturated carbocycles. The Morgan fingerprint density at radius 3 is 1.55 bits per heavy atom. The molecule has 0 spiro atoms. The lowest BCUT2D eigenvalue weighted by molar-refractivity contribution is 0.162. The largest absolute Gasteiger partial charge is 0.416 e. The van der Waals surface area contributed by atoms with Crippen LogP contribution < -0.4 is 0 Å². The van der Waals surface area contributed by atoms with Gasteiger partial charge in [0.05, 0.1) is 6.61 Å². The van der Waals surface area contributed by atoms with Crippen LogP contribution in [0.15, 0.2) is 73.3 Å². The van der Waals surface area contributed by atoms with Crippen molar-refractivity contribution in [1.29, 1.82) is 0 Å². The van der Waals surface area contributed by atoms with Crippen LogP contribution in [0, 0.1) is 0 Å². The van der Waals surface area contributed by atoms with E-state index in [-0.39, 0.29) is 0 Å². The van der Waals surface area contributed by atoms with Gasteiger partial charge in [0.25, 0.3) is 0 Å². The Labute approximate surface area is 173 Å². The van der Waals surface area contributed by atoms with Crippen molar-refractivity contribution in [1.82, 2.24) is 0 Å². The topological polar surface area (TPSA) is 116 Å². The molecule has 0 bridgehead atoms. The molecule has 2 rings (SSSR count). The van der Waals surface area contributed by atoms with Crippen molar-refractivity contribution >= 4 is 20.8 Å². The van der Waals surface area contributed by atoms with Gasteiger partial charge in [-0.2, -0.15) is 16.8 Å². The molecular formula is C19H26O8S2. The molecule has 2 aromatic carbocycles. The van der Waals surface area contributed by atoms with E-state index < -0.39 is 27.4 Å². The smallest absolute Gasteiger partial charge is 0.382 e. The summed E-state index contributed by atoms with van der Waals surface area (Å²) in [6.07, 6.45) is 1.06. The number of rotatable bonds is 8. The third-order valence-electron chi connectivity index (χ3n) is 2.79. The van der Waals surface area contributed by atoms with E-state index in [2.05, 4.69) is 62.9 Å². The second-order valence-electron chi connectivity index (χ2n) is 4.99. The standard InChI is InChI=1S/C12H10.C4H10O.C3H6O7S2/c1-3-7-11(8-4-1)12-9-5-2-6-10-12;1-3-5-4-2;1-2-3-9-12(7,8)10-11(4,5)6/h1-10H;3-4H2,1-2H3;2H,1,3H2,(H,4,5,6). The second-order valence-corrected chi connectivity index (χ2v) is 7.44. The number of hydrogen-bond donors (Lipinski definition) is 1. The normalized spacial score (nSPS) is 10.7. The van der Waals surface area contributed by atoms with Crippen molar-refractivity contribution < 1.29 is 33.9 Å². The Bertz CT molecular complexity index is 841. The lowest BCUT2D eigenvalue weighted by Crippen LogP contribution is -2.15. The second kappa shape index (κ2) is 14.9. The Morgan fingerprint density at radius 1 is 0.862 bits per heavy atom. The summed E-state index contributed by atoms with van der Waals surface area (Å²) in [5, 5.41) is 0. The molecule has 0 radical (unpaired) electrons. The maximum Gasteiger partial charge on any atom is 0.416 e. The lowest BCUT2D eigenvalue weighted by Gasteiger charge is -1.98. The summed E-state index contributed by atoms with van der Waals surface area (Å²) < 4.78 is 60.2. The van der Waals surface area contributed by atoms with Gasteiger partial charge in [-0.15, -0.1) is 10.2 Å². The quantitative estimate of drug-likeness (QED) is 0.482. The van der Waals surface area contributed by atoms with Gasteiger partial charge in [0, 0.05) is 13.2 Å². The molecule has 0 saturated heterocycles. The summed E-state index contributed by atoms with van der Waals surface area (Å²) in [5.74, 6) is 0. The third kappa shape index (κ3) is 15.5. The highest BCUT2D eigenvalue weighted by atomic mass is 32.3. The molecule has 0 atom stereocenters. The van der Waals surface area contributed by atoms with E-state index in [1.165, 1.54) is 11.1 Å². The molecule has 1 N–H and O–H groups in total. The number of benzene rings is 2. The first-order valence-corrected chi connectivity index (χ1v) is 11.2. The van der Waals surface area contributed by atoms with Gasteiger partial charge in [-0.3, -0.25) is 4.55 Å².